The topological polar surface area (TPSA) is 35.5 Å². The van der Waals surface area contributed by atoms with Gasteiger partial charge in [0.25, 0.3) is 0 Å². The Kier molecular flexibility index (Phi) is 5.48. The zero-order valence-electron chi connectivity index (χ0n) is 12.0. The molecule has 0 aliphatic rings. The number of aliphatic hydroxyl groups excluding tert-OH is 1. The second kappa shape index (κ2) is 6.64. The molecule has 3 nitrogen and oxygen atoms in total. The zero-order valence-corrected chi connectivity index (χ0v) is 12.0. The van der Waals surface area contributed by atoms with Crippen molar-refractivity contribution < 1.29 is 5.11 Å². The van der Waals surface area contributed by atoms with Gasteiger partial charge in [0.05, 0.1) is 6.61 Å². The molecule has 3 heteroatoms. The van der Waals surface area contributed by atoms with E-state index in [0.29, 0.717) is 0 Å². The van der Waals surface area contributed by atoms with E-state index < -0.39 is 0 Å². The molecule has 0 amide bonds. The van der Waals surface area contributed by atoms with E-state index in [2.05, 4.69) is 48.3 Å². The molecule has 0 spiro atoms. The van der Waals surface area contributed by atoms with Crippen LogP contribution in [0.15, 0.2) is 24.3 Å². The van der Waals surface area contributed by atoms with Crippen molar-refractivity contribution in [2.24, 2.45) is 5.41 Å². The Morgan fingerprint density at radius 1 is 1.22 bits per heavy atom. The van der Waals surface area contributed by atoms with Crippen molar-refractivity contribution in [2.75, 3.05) is 37.5 Å². The maximum absolute atomic E-state index is 9.55. The second-order valence-electron chi connectivity index (χ2n) is 5.16. The van der Waals surface area contributed by atoms with Crippen LogP contribution in [-0.4, -0.2) is 32.4 Å². The molecule has 0 aliphatic heterocycles. The van der Waals surface area contributed by atoms with Crippen molar-refractivity contribution in [1.29, 1.82) is 0 Å². The van der Waals surface area contributed by atoms with E-state index in [-0.39, 0.29) is 12.0 Å². The molecule has 1 aromatic rings. The van der Waals surface area contributed by atoms with E-state index >= 15 is 0 Å². The molecule has 0 aromatic heterocycles. The summed E-state index contributed by atoms with van der Waals surface area (Å²) in [5, 5.41) is 13.0. The van der Waals surface area contributed by atoms with Gasteiger partial charge in [-0.15, -0.1) is 0 Å². The lowest BCUT2D eigenvalue weighted by molar-refractivity contribution is 0.127. The number of aliphatic hydroxyl groups is 1. The predicted octanol–water partition coefficient (Wildman–Crippen LogP) is 2.96. The van der Waals surface area contributed by atoms with Crippen LogP contribution in [0.4, 0.5) is 11.4 Å². The van der Waals surface area contributed by atoms with Gasteiger partial charge in [0.15, 0.2) is 0 Å². The Morgan fingerprint density at radius 3 is 2.39 bits per heavy atom. The van der Waals surface area contributed by atoms with E-state index in [1.807, 2.05) is 14.1 Å². The van der Waals surface area contributed by atoms with Gasteiger partial charge in [0, 0.05) is 37.4 Å². The van der Waals surface area contributed by atoms with Gasteiger partial charge in [-0.3, -0.25) is 0 Å². The normalized spacial score (nSPS) is 11.4. The molecule has 2 N–H and O–H groups in total. The van der Waals surface area contributed by atoms with Crippen LogP contribution in [0.2, 0.25) is 0 Å². The molecule has 0 unspecified atom stereocenters. The van der Waals surface area contributed by atoms with Gasteiger partial charge in [-0.25, -0.2) is 0 Å². The summed E-state index contributed by atoms with van der Waals surface area (Å²) in [4.78, 5) is 2.09. The van der Waals surface area contributed by atoms with Crippen LogP contribution in [0.1, 0.15) is 26.7 Å². The first-order valence-corrected chi connectivity index (χ1v) is 6.69. The third-order valence-corrected chi connectivity index (χ3v) is 3.87. The highest BCUT2D eigenvalue weighted by atomic mass is 16.3. The number of rotatable bonds is 7. The Labute approximate surface area is 111 Å². The molecule has 1 rings (SSSR count). The van der Waals surface area contributed by atoms with Crippen molar-refractivity contribution in [3.05, 3.63) is 24.3 Å². The molecule has 0 radical (unpaired) electrons. The Balaban J connectivity index is 2.70. The average molecular weight is 250 g/mol. The van der Waals surface area contributed by atoms with Gasteiger partial charge in [0.1, 0.15) is 0 Å². The van der Waals surface area contributed by atoms with Gasteiger partial charge < -0.3 is 15.3 Å². The lowest BCUT2D eigenvalue weighted by Crippen LogP contribution is -2.32. The van der Waals surface area contributed by atoms with Crippen LogP contribution in [0.5, 0.6) is 0 Å². The minimum absolute atomic E-state index is 0.00583. The highest BCUT2D eigenvalue weighted by molar-refractivity contribution is 5.57. The molecule has 0 bridgehead atoms. The summed E-state index contributed by atoms with van der Waals surface area (Å²) in [6, 6.07) is 8.34. The van der Waals surface area contributed by atoms with Crippen LogP contribution in [0, 0.1) is 5.41 Å². The maximum atomic E-state index is 9.55. The van der Waals surface area contributed by atoms with Crippen LogP contribution in [-0.2, 0) is 0 Å². The molecular formula is C15H26N2O. The van der Waals surface area contributed by atoms with Gasteiger partial charge in [-0.05, 0) is 31.0 Å². The van der Waals surface area contributed by atoms with Crippen LogP contribution in [0.25, 0.3) is 0 Å². The summed E-state index contributed by atoms with van der Waals surface area (Å²) >= 11 is 0. The number of anilines is 2. The first-order chi connectivity index (χ1) is 8.56. The van der Waals surface area contributed by atoms with Crippen molar-refractivity contribution in [2.45, 2.75) is 26.7 Å². The minimum atomic E-state index is -0.00583. The van der Waals surface area contributed by atoms with Crippen molar-refractivity contribution in [1.82, 2.24) is 0 Å². The van der Waals surface area contributed by atoms with Gasteiger partial charge in [-0.2, -0.15) is 0 Å². The Morgan fingerprint density at radius 2 is 1.89 bits per heavy atom. The second-order valence-corrected chi connectivity index (χ2v) is 5.16. The number of benzene rings is 1. The van der Waals surface area contributed by atoms with E-state index in [1.165, 1.54) is 5.69 Å². The number of hydrogen-bond donors (Lipinski definition) is 2. The summed E-state index contributed by atoms with van der Waals surface area (Å²) in [6.07, 6.45) is 1.97. The van der Waals surface area contributed by atoms with E-state index in [0.717, 1.165) is 25.1 Å². The third-order valence-electron chi connectivity index (χ3n) is 3.87. The summed E-state index contributed by atoms with van der Waals surface area (Å²) in [7, 11) is 4.07. The molecule has 0 saturated carbocycles. The number of hydrogen-bond acceptors (Lipinski definition) is 3. The maximum Gasteiger partial charge on any atom is 0.0504 e. The van der Waals surface area contributed by atoms with Gasteiger partial charge in [0.2, 0.25) is 0 Å². The fourth-order valence-corrected chi connectivity index (χ4v) is 1.96. The number of nitrogens with zero attached hydrogens (tertiary/aromatic N) is 1. The van der Waals surface area contributed by atoms with Crippen molar-refractivity contribution >= 4 is 11.4 Å². The molecule has 1 aromatic carbocycles. The summed E-state index contributed by atoms with van der Waals surface area (Å²) in [6.45, 7) is 5.32. The molecule has 18 heavy (non-hydrogen) atoms. The Hall–Kier alpha value is -1.22. The van der Waals surface area contributed by atoms with E-state index in [1.54, 1.807) is 0 Å². The lowest BCUT2D eigenvalue weighted by Gasteiger charge is -2.30. The number of nitrogens with one attached hydrogen (secondary N) is 1. The predicted molar refractivity (Wildman–Crippen MR) is 79.4 cm³/mol. The van der Waals surface area contributed by atoms with Crippen LogP contribution in [0.3, 0.4) is 0 Å². The highest BCUT2D eigenvalue weighted by Gasteiger charge is 2.24. The van der Waals surface area contributed by atoms with Crippen LogP contribution >= 0.6 is 0 Å². The average Bonchev–Trinajstić information content (AvgIpc) is 2.41. The summed E-state index contributed by atoms with van der Waals surface area (Å²) in [5.41, 5.74) is 2.29. The van der Waals surface area contributed by atoms with E-state index in [4.69, 9.17) is 0 Å². The lowest BCUT2D eigenvalue weighted by atomic mass is 9.83. The largest absolute Gasteiger partial charge is 0.396 e. The third kappa shape index (κ3) is 3.64. The molecule has 102 valence electrons. The van der Waals surface area contributed by atoms with Crippen molar-refractivity contribution in [3.8, 4) is 0 Å². The molecule has 0 fully saturated rings. The first-order valence-electron chi connectivity index (χ1n) is 6.69. The minimum Gasteiger partial charge on any atom is -0.396 e. The summed E-state index contributed by atoms with van der Waals surface area (Å²) < 4.78 is 0. The quantitative estimate of drug-likeness (QED) is 0.781. The standard InChI is InChI=1S/C15H26N2O/c1-5-15(6-2,12-18)11-16-13-8-7-9-14(10-13)17(3)4/h7-10,16,18H,5-6,11-12H2,1-4H3. The fourth-order valence-electron chi connectivity index (χ4n) is 1.96. The van der Waals surface area contributed by atoms with Gasteiger partial charge >= 0.3 is 0 Å². The van der Waals surface area contributed by atoms with Crippen molar-refractivity contribution in [3.63, 3.8) is 0 Å². The molecule has 0 saturated heterocycles. The smallest absolute Gasteiger partial charge is 0.0504 e. The summed E-state index contributed by atoms with van der Waals surface area (Å²) in [5.74, 6) is 0. The van der Waals surface area contributed by atoms with Gasteiger partial charge in [-0.1, -0.05) is 19.9 Å². The van der Waals surface area contributed by atoms with Crippen LogP contribution < -0.4 is 10.2 Å². The molecule has 0 atom stereocenters. The first kappa shape index (κ1) is 14.8. The molecule has 0 heterocycles. The zero-order chi connectivity index (χ0) is 13.6. The Bertz CT molecular complexity index is 351. The van der Waals surface area contributed by atoms with E-state index in [9.17, 15) is 5.11 Å². The fraction of sp³-hybridized carbons (Fsp3) is 0.600. The monoisotopic (exact) mass is 250 g/mol. The molecule has 0 aliphatic carbocycles. The molecular weight excluding hydrogens is 224 g/mol. The SMILES string of the molecule is CCC(CC)(CO)CNc1cccc(N(C)C)c1. The highest BCUT2D eigenvalue weighted by Crippen LogP contribution is 2.27.